The molecule has 0 aliphatic rings. The molecule has 0 saturated carbocycles. The van der Waals surface area contributed by atoms with Gasteiger partial charge in [-0.25, -0.2) is 4.68 Å². The Morgan fingerprint density at radius 1 is 1.18 bits per heavy atom. The molecule has 116 valence electrons. The Bertz CT molecular complexity index is 684. The van der Waals surface area contributed by atoms with Crippen molar-refractivity contribution >= 4 is 0 Å². The SMILES string of the molecule is CCC(CC)c1c(C#N)nnn1-c1ccc(OC)c(OC)c1. The fraction of sp³-hybridized carbons (Fsp3) is 0.438. The second-order valence-corrected chi connectivity index (χ2v) is 4.90. The number of ether oxygens (including phenoxy) is 2. The van der Waals surface area contributed by atoms with E-state index >= 15 is 0 Å². The lowest BCUT2D eigenvalue weighted by Crippen LogP contribution is -2.08. The second-order valence-electron chi connectivity index (χ2n) is 4.90. The fourth-order valence-corrected chi connectivity index (χ4v) is 2.56. The Kier molecular flexibility index (Phi) is 4.99. The normalized spacial score (nSPS) is 10.5. The van der Waals surface area contributed by atoms with Gasteiger partial charge in [-0.2, -0.15) is 5.26 Å². The predicted molar refractivity (Wildman–Crippen MR) is 82.5 cm³/mol. The molecular formula is C16H20N4O2. The standard InChI is InChI=1S/C16H20N4O2/c1-5-11(6-2)16-13(10-17)18-19-20(16)12-7-8-14(21-3)15(9-12)22-4/h7-9,11H,5-6H2,1-4H3. The number of methoxy groups -OCH3 is 2. The number of hydrogen-bond donors (Lipinski definition) is 0. The van der Waals surface area contributed by atoms with E-state index in [-0.39, 0.29) is 5.92 Å². The van der Waals surface area contributed by atoms with Gasteiger partial charge in [-0.1, -0.05) is 19.1 Å². The maximum Gasteiger partial charge on any atom is 0.186 e. The summed E-state index contributed by atoms with van der Waals surface area (Å²) in [5, 5.41) is 17.4. The van der Waals surface area contributed by atoms with Gasteiger partial charge >= 0.3 is 0 Å². The summed E-state index contributed by atoms with van der Waals surface area (Å²) in [4.78, 5) is 0. The molecule has 6 heteroatoms. The van der Waals surface area contributed by atoms with Crippen LogP contribution in [0.5, 0.6) is 11.5 Å². The summed E-state index contributed by atoms with van der Waals surface area (Å²) >= 11 is 0. The highest BCUT2D eigenvalue weighted by atomic mass is 16.5. The maximum absolute atomic E-state index is 9.29. The van der Waals surface area contributed by atoms with Gasteiger partial charge in [0.2, 0.25) is 0 Å². The van der Waals surface area contributed by atoms with Crippen molar-refractivity contribution in [3.05, 3.63) is 29.6 Å². The van der Waals surface area contributed by atoms with E-state index in [1.165, 1.54) is 0 Å². The molecule has 0 aliphatic heterocycles. The van der Waals surface area contributed by atoms with E-state index in [4.69, 9.17) is 9.47 Å². The summed E-state index contributed by atoms with van der Waals surface area (Å²) in [6.07, 6.45) is 1.84. The largest absolute Gasteiger partial charge is 0.493 e. The van der Waals surface area contributed by atoms with Crippen LogP contribution in [0, 0.1) is 11.3 Å². The van der Waals surface area contributed by atoms with Crippen LogP contribution in [0.1, 0.15) is 44.0 Å². The quantitative estimate of drug-likeness (QED) is 0.819. The lowest BCUT2D eigenvalue weighted by atomic mass is 9.97. The highest BCUT2D eigenvalue weighted by molar-refractivity contribution is 5.49. The van der Waals surface area contributed by atoms with Crippen molar-refractivity contribution in [1.29, 1.82) is 5.26 Å². The maximum atomic E-state index is 9.29. The molecule has 2 rings (SSSR count). The van der Waals surface area contributed by atoms with Gasteiger partial charge < -0.3 is 9.47 Å². The monoisotopic (exact) mass is 300 g/mol. The molecule has 0 saturated heterocycles. The first-order valence-electron chi connectivity index (χ1n) is 7.28. The third-order valence-electron chi connectivity index (χ3n) is 3.79. The molecule has 0 unspecified atom stereocenters. The summed E-state index contributed by atoms with van der Waals surface area (Å²) in [5.41, 5.74) is 2.02. The fourth-order valence-electron chi connectivity index (χ4n) is 2.56. The van der Waals surface area contributed by atoms with Gasteiger partial charge in [-0.3, -0.25) is 0 Å². The Hall–Kier alpha value is -2.55. The van der Waals surface area contributed by atoms with Crippen molar-refractivity contribution in [1.82, 2.24) is 15.0 Å². The van der Waals surface area contributed by atoms with E-state index in [2.05, 4.69) is 30.2 Å². The minimum absolute atomic E-state index is 0.234. The van der Waals surface area contributed by atoms with Crippen molar-refractivity contribution in [3.63, 3.8) is 0 Å². The Morgan fingerprint density at radius 2 is 1.86 bits per heavy atom. The lowest BCUT2D eigenvalue weighted by Gasteiger charge is -2.15. The van der Waals surface area contributed by atoms with Crippen LogP contribution in [0.2, 0.25) is 0 Å². The number of aromatic nitrogens is 3. The van der Waals surface area contributed by atoms with Gasteiger partial charge in [0.1, 0.15) is 6.07 Å². The van der Waals surface area contributed by atoms with Crippen molar-refractivity contribution in [2.75, 3.05) is 14.2 Å². The van der Waals surface area contributed by atoms with Crippen LogP contribution in [-0.4, -0.2) is 29.2 Å². The first kappa shape index (κ1) is 15.8. The van der Waals surface area contributed by atoms with Gasteiger partial charge in [0.15, 0.2) is 17.2 Å². The average Bonchev–Trinajstić information content (AvgIpc) is 2.99. The smallest absolute Gasteiger partial charge is 0.186 e. The Labute approximate surface area is 130 Å². The van der Waals surface area contributed by atoms with Crippen LogP contribution in [-0.2, 0) is 0 Å². The molecule has 0 radical (unpaired) electrons. The van der Waals surface area contributed by atoms with Gasteiger partial charge in [0, 0.05) is 12.0 Å². The third-order valence-corrected chi connectivity index (χ3v) is 3.79. The van der Waals surface area contributed by atoms with Crippen LogP contribution in [0.4, 0.5) is 0 Å². The van der Waals surface area contributed by atoms with Crippen LogP contribution < -0.4 is 9.47 Å². The molecule has 1 aromatic heterocycles. The Morgan fingerprint density at radius 3 is 2.41 bits per heavy atom. The highest BCUT2D eigenvalue weighted by Crippen LogP contribution is 2.32. The first-order valence-corrected chi connectivity index (χ1v) is 7.28. The molecule has 0 aliphatic carbocycles. The molecule has 1 aromatic carbocycles. The van der Waals surface area contributed by atoms with Gasteiger partial charge in [-0.05, 0) is 25.0 Å². The zero-order valence-electron chi connectivity index (χ0n) is 13.3. The second kappa shape index (κ2) is 6.94. The summed E-state index contributed by atoms with van der Waals surface area (Å²) < 4.78 is 12.3. The third kappa shape index (κ3) is 2.75. The number of hydrogen-bond acceptors (Lipinski definition) is 5. The van der Waals surface area contributed by atoms with E-state index in [0.717, 1.165) is 24.2 Å². The van der Waals surface area contributed by atoms with Crippen molar-refractivity contribution in [3.8, 4) is 23.3 Å². The molecule has 0 fully saturated rings. The highest BCUT2D eigenvalue weighted by Gasteiger charge is 2.21. The molecular weight excluding hydrogens is 280 g/mol. The first-order chi connectivity index (χ1) is 10.7. The molecule has 0 N–H and O–H groups in total. The lowest BCUT2D eigenvalue weighted by molar-refractivity contribution is 0.354. The molecule has 0 bridgehead atoms. The number of rotatable bonds is 6. The van der Waals surface area contributed by atoms with E-state index in [1.807, 2.05) is 18.2 Å². The van der Waals surface area contributed by atoms with Crippen molar-refractivity contribution < 1.29 is 9.47 Å². The molecule has 6 nitrogen and oxygen atoms in total. The minimum atomic E-state index is 0.234. The summed E-state index contributed by atoms with van der Waals surface area (Å²) in [6.45, 7) is 4.20. The molecule has 22 heavy (non-hydrogen) atoms. The van der Waals surface area contributed by atoms with Gasteiger partial charge in [0.25, 0.3) is 0 Å². The zero-order chi connectivity index (χ0) is 16.1. The van der Waals surface area contributed by atoms with E-state index < -0.39 is 0 Å². The van der Waals surface area contributed by atoms with Crippen LogP contribution in [0.15, 0.2) is 18.2 Å². The zero-order valence-corrected chi connectivity index (χ0v) is 13.3. The molecule has 0 spiro atoms. The number of benzene rings is 1. The van der Waals surface area contributed by atoms with E-state index in [9.17, 15) is 5.26 Å². The molecule has 1 heterocycles. The van der Waals surface area contributed by atoms with Crippen molar-refractivity contribution in [2.45, 2.75) is 32.6 Å². The van der Waals surface area contributed by atoms with Gasteiger partial charge in [0.05, 0.1) is 25.6 Å². The average molecular weight is 300 g/mol. The van der Waals surface area contributed by atoms with Crippen LogP contribution in [0.25, 0.3) is 5.69 Å². The molecule has 0 atom stereocenters. The van der Waals surface area contributed by atoms with Gasteiger partial charge in [-0.15, -0.1) is 5.10 Å². The summed E-state index contributed by atoms with van der Waals surface area (Å²) in [6, 6.07) is 7.67. The summed E-state index contributed by atoms with van der Waals surface area (Å²) in [5.74, 6) is 1.50. The van der Waals surface area contributed by atoms with Crippen molar-refractivity contribution in [2.24, 2.45) is 0 Å². The summed E-state index contributed by atoms with van der Waals surface area (Å²) in [7, 11) is 3.18. The number of nitrogens with zero attached hydrogens (tertiary/aromatic N) is 4. The number of nitriles is 1. The minimum Gasteiger partial charge on any atom is -0.493 e. The van der Waals surface area contributed by atoms with E-state index in [0.29, 0.717) is 17.2 Å². The molecule has 2 aromatic rings. The van der Waals surface area contributed by atoms with Crippen LogP contribution >= 0.6 is 0 Å². The topological polar surface area (TPSA) is 73.0 Å². The Balaban J connectivity index is 2.58. The molecule has 0 amide bonds. The van der Waals surface area contributed by atoms with E-state index in [1.54, 1.807) is 18.9 Å². The van der Waals surface area contributed by atoms with Crippen LogP contribution in [0.3, 0.4) is 0 Å². The predicted octanol–water partition coefficient (Wildman–Crippen LogP) is 3.06.